The van der Waals surface area contributed by atoms with E-state index >= 15 is 0 Å². The van der Waals surface area contributed by atoms with Crippen LogP contribution in [0.5, 0.6) is 11.5 Å². The summed E-state index contributed by atoms with van der Waals surface area (Å²) in [6.07, 6.45) is 1.72. The zero-order valence-electron chi connectivity index (χ0n) is 15.1. The van der Waals surface area contributed by atoms with Crippen molar-refractivity contribution < 1.29 is 13.9 Å². The molecule has 0 saturated carbocycles. The quantitative estimate of drug-likeness (QED) is 0.471. The molecule has 0 saturated heterocycles. The van der Waals surface area contributed by atoms with Crippen LogP contribution in [-0.2, 0) is 13.2 Å². The fourth-order valence-corrected chi connectivity index (χ4v) is 2.56. The van der Waals surface area contributed by atoms with Crippen LogP contribution in [0.15, 0.2) is 77.9 Å². The lowest BCUT2D eigenvalue weighted by atomic mass is 10.2. The first-order valence-electron chi connectivity index (χ1n) is 8.60. The minimum absolute atomic E-state index is 0.257. The molecule has 0 radical (unpaired) electrons. The number of hydrogen-bond donors (Lipinski definition) is 1. The van der Waals surface area contributed by atoms with Gasteiger partial charge in [-0.1, -0.05) is 42.5 Å². The monoisotopic (exact) mass is 364 g/mol. The Kier molecular flexibility index (Phi) is 6.41. The summed E-state index contributed by atoms with van der Waals surface area (Å²) in [5.41, 5.74) is 5.80. The number of benzene rings is 3. The van der Waals surface area contributed by atoms with Gasteiger partial charge >= 0.3 is 0 Å². The van der Waals surface area contributed by atoms with Crippen LogP contribution in [0.4, 0.5) is 4.39 Å². The molecule has 0 spiro atoms. The van der Waals surface area contributed by atoms with Crippen molar-refractivity contribution in [3.05, 3.63) is 95.3 Å². The Morgan fingerprint density at radius 1 is 0.926 bits per heavy atom. The minimum atomic E-state index is -0.257. The van der Waals surface area contributed by atoms with Gasteiger partial charge < -0.3 is 14.9 Å². The molecule has 0 amide bonds. The summed E-state index contributed by atoms with van der Waals surface area (Å²) in [6.45, 7) is 0.916. The molecule has 1 N–H and O–H groups in total. The Hall–Kier alpha value is -3.34. The molecule has 0 aliphatic carbocycles. The molecule has 0 atom stereocenters. The standard InChI is InChI=1S/C22H21FN2O2/c1-26-21-8-4-2-6-18(21)14-24-25-15-19-7-3-5-9-22(19)27-16-17-10-12-20(23)13-11-17/h2-13,15,24H,14,16H2,1H3/b25-15-. The van der Waals surface area contributed by atoms with Gasteiger partial charge in [0.15, 0.2) is 0 Å². The second-order valence-electron chi connectivity index (χ2n) is 5.86. The maximum Gasteiger partial charge on any atom is 0.128 e. The molecule has 0 heterocycles. The van der Waals surface area contributed by atoms with E-state index in [0.717, 1.165) is 22.4 Å². The van der Waals surface area contributed by atoms with E-state index in [1.165, 1.54) is 12.1 Å². The summed E-state index contributed by atoms with van der Waals surface area (Å²) >= 11 is 0. The van der Waals surface area contributed by atoms with Crippen LogP contribution in [0.25, 0.3) is 0 Å². The largest absolute Gasteiger partial charge is 0.496 e. The number of hydrazone groups is 1. The molecule has 3 aromatic carbocycles. The van der Waals surface area contributed by atoms with Crippen LogP contribution < -0.4 is 14.9 Å². The van der Waals surface area contributed by atoms with E-state index in [4.69, 9.17) is 9.47 Å². The second-order valence-corrected chi connectivity index (χ2v) is 5.86. The van der Waals surface area contributed by atoms with E-state index in [9.17, 15) is 4.39 Å². The highest BCUT2D eigenvalue weighted by molar-refractivity contribution is 5.83. The first-order chi connectivity index (χ1) is 13.3. The second kappa shape index (κ2) is 9.38. The number of para-hydroxylation sites is 2. The predicted octanol–water partition coefficient (Wildman–Crippen LogP) is 4.54. The van der Waals surface area contributed by atoms with Gasteiger partial charge in [0, 0.05) is 11.1 Å². The summed E-state index contributed by atoms with van der Waals surface area (Å²) in [5, 5.41) is 4.28. The minimum Gasteiger partial charge on any atom is -0.496 e. The SMILES string of the molecule is COc1ccccc1CN/N=C\c1ccccc1OCc1ccc(F)cc1. The van der Waals surface area contributed by atoms with Crippen molar-refractivity contribution in [2.45, 2.75) is 13.2 Å². The zero-order chi connectivity index (χ0) is 18.9. The normalized spacial score (nSPS) is 10.7. The molecule has 4 nitrogen and oxygen atoms in total. The molecular formula is C22H21FN2O2. The lowest BCUT2D eigenvalue weighted by Crippen LogP contribution is -2.07. The van der Waals surface area contributed by atoms with Gasteiger partial charge in [0.25, 0.3) is 0 Å². The van der Waals surface area contributed by atoms with Gasteiger partial charge in [0.2, 0.25) is 0 Å². The highest BCUT2D eigenvalue weighted by atomic mass is 19.1. The van der Waals surface area contributed by atoms with Gasteiger partial charge in [0.1, 0.15) is 23.9 Å². The van der Waals surface area contributed by atoms with Crippen molar-refractivity contribution >= 4 is 6.21 Å². The fourth-order valence-electron chi connectivity index (χ4n) is 2.56. The van der Waals surface area contributed by atoms with Gasteiger partial charge in [-0.25, -0.2) is 4.39 Å². The van der Waals surface area contributed by atoms with Crippen molar-refractivity contribution in [2.75, 3.05) is 7.11 Å². The summed E-state index contributed by atoms with van der Waals surface area (Å²) in [5.74, 6) is 1.28. The number of nitrogens with one attached hydrogen (secondary N) is 1. The first-order valence-corrected chi connectivity index (χ1v) is 8.60. The summed E-state index contributed by atoms with van der Waals surface area (Å²) in [4.78, 5) is 0. The van der Waals surface area contributed by atoms with Crippen molar-refractivity contribution in [3.8, 4) is 11.5 Å². The van der Waals surface area contributed by atoms with Crippen molar-refractivity contribution in [2.24, 2.45) is 5.10 Å². The predicted molar refractivity (Wildman–Crippen MR) is 105 cm³/mol. The molecular weight excluding hydrogens is 343 g/mol. The lowest BCUT2D eigenvalue weighted by molar-refractivity contribution is 0.305. The van der Waals surface area contributed by atoms with Crippen molar-refractivity contribution in [1.82, 2.24) is 5.43 Å². The molecule has 0 aromatic heterocycles. The third-order valence-electron chi connectivity index (χ3n) is 3.98. The van der Waals surface area contributed by atoms with E-state index < -0.39 is 0 Å². The smallest absolute Gasteiger partial charge is 0.128 e. The fraction of sp³-hybridized carbons (Fsp3) is 0.136. The molecule has 0 unspecified atom stereocenters. The van der Waals surface area contributed by atoms with Gasteiger partial charge in [-0.15, -0.1) is 0 Å². The molecule has 138 valence electrons. The molecule has 0 aliphatic rings. The number of nitrogens with zero attached hydrogens (tertiary/aromatic N) is 1. The van der Waals surface area contributed by atoms with Gasteiger partial charge in [-0.2, -0.15) is 5.10 Å². The summed E-state index contributed by atoms with van der Waals surface area (Å²) in [7, 11) is 1.65. The Morgan fingerprint density at radius 2 is 1.63 bits per heavy atom. The van der Waals surface area contributed by atoms with E-state index in [-0.39, 0.29) is 5.82 Å². The third kappa shape index (κ3) is 5.31. The third-order valence-corrected chi connectivity index (χ3v) is 3.98. The van der Waals surface area contributed by atoms with Crippen LogP contribution >= 0.6 is 0 Å². The average molecular weight is 364 g/mol. The molecule has 5 heteroatoms. The Balaban J connectivity index is 1.60. The van der Waals surface area contributed by atoms with Gasteiger partial charge in [-0.3, -0.25) is 0 Å². The van der Waals surface area contributed by atoms with E-state index in [0.29, 0.717) is 18.9 Å². The van der Waals surface area contributed by atoms with Crippen LogP contribution in [0.3, 0.4) is 0 Å². The van der Waals surface area contributed by atoms with E-state index in [1.807, 2.05) is 48.5 Å². The summed E-state index contributed by atoms with van der Waals surface area (Å²) < 4.78 is 24.2. The lowest BCUT2D eigenvalue weighted by Gasteiger charge is -2.09. The average Bonchev–Trinajstić information content (AvgIpc) is 2.72. The Bertz CT molecular complexity index is 895. The molecule has 3 aromatic rings. The zero-order valence-corrected chi connectivity index (χ0v) is 15.1. The summed E-state index contributed by atoms with van der Waals surface area (Å²) in [6, 6.07) is 21.7. The van der Waals surface area contributed by atoms with Crippen LogP contribution in [-0.4, -0.2) is 13.3 Å². The maximum atomic E-state index is 13.0. The number of hydrogen-bond acceptors (Lipinski definition) is 4. The molecule has 0 fully saturated rings. The highest BCUT2D eigenvalue weighted by Crippen LogP contribution is 2.18. The number of methoxy groups -OCH3 is 1. The van der Waals surface area contributed by atoms with E-state index in [1.54, 1.807) is 25.5 Å². The van der Waals surface area contributed by atoms with Crippen LogP contribution in [0, 0.1) is 5.82 Å². The Labute approximate surface area is 158 Å². The van der Waals surface area contributed by atoms with Gasteiger partial charge in [0.05, 0.1) is 19.9 Å². The maximum absolute atomic E-state index is 13.0. The Morgan fingerprint density at radius 3 is 2.41 bits per heavy atom. The highest BCUT2D eigenvalue weighted by Gasteiger charge is 2.03. The molecule has 0 aliphatic heterocycles. The number of rotatable bonds is 8. The van der Waals surface area contributed by atoms with Crippen LogP contribution in [0.1, 0.15) is 16.7 Å². The molecule has 3 rings (SSSR count). The molecule has 0 bridgehead atoms. The number of ether oxygens (including phenoxy) is 2. The van der Waals surface area contributed by atoms with E-state index in [2.05, 4.69) is 10.5 Å². The van der Waals surface area contributed by atoms with Crippen molar-refractivity contribution in [3.63, 3.8) is 0 Å². The topological polar surface area (TPSA) is 42.8 Å². The van der Waals surface area contributed by atoms with Crippen LogP contribution in [0.2, 0.25) is 0 Å². The van der Waals surface area contributed by atoms with Gasteiger partial charge in [-0.05, 0) is 35.9 Å². The first kappa shape index (κ1) is 18.5. The molecule has 27 heavy (non-hydrogen) atoms. The van der Waals surface area contributed by atoms with Crippen molar-refractivity contribution in [1.29, 1.82) is 0 Å². The number of halogens is 1.